The molecule has 10 heteroatoms. The third kappa shape index (κ3) is 6.81. The highest BCUT2D eigenvalue weighted by atomic mass is 19.3. The highest BCUT2D eigenvalue weighted by Gasteiger charge is 2.35. The number of tetrazole rings is 1. The van der Waals surface area contributed by atoms with Gasteiger partial charge in [-0.15, -0.1) is 5.10 Å². The van der Waals surface area contributed by atoms with Crippen molar-refractivity contribution in [3.8, 4) is 0 Å². The molecule has 0 saturated carbocycles. The van der Waals surface area contributed by atoms with Crippen LogP contribution in [0.3, 0.4) is 0 Å². The molecule has 0 spiro atoms. The number of aromatic amines is 1. The van der Waals surface area contributed by atoms with Crippen molar-refractivity contribution < 1.29 is 18.7 Å². The van der Waals surface area contributed by atoms with Crippen molar-refractivity contribution in [3.05, 3.63) is 53.9 Å². The zero-order valence-corrected chi connectivity index (χ0v) is 17.5. The van der Waals surface area contributed by atoms with Crippen LogP contribution in [0.5, 0.6) is 0 Å². The van der Waals surface area contributed by atoms with Crippen molar-refractivity contribution in [2.75, 3.05) is 20.1 Å². The van der Waals surface area contributed by atoms with Gasteiger partial charge in [0, 0.05) is 45.8 Å². The second-order valence-electron chi connectivity index (χ2n) is 7.87. The second kappa shape index (κ2) is 10.4. The number of aliphatic hydroxyl groups excluding tert-OH is 1. The number of hydrogen-bond acceptors (Lipinski definition) is 5. The lowest BCUT2D eigenvalue weighted by Gasteiger charge is -2.23. The van der Waals surface area contributed by atoms with Crippen LogP contribution < -0.4 is 0 Å². The summed E-state index contributed by atoms with van der Waals surface area (Å²) in [7, 11) is 1.68. The number of aromatic nitrogens is 4. The van der Waals surface area contributed by atoms with Crippen LogP contribution in [0.25, 0.3) is 0 Å². The highest BCUT2D eigenvalue weighted by Crippen LogP contribution is 2.27. The summed E-state index contributed by atoms with van der Waals surface area (Å²) in [6, 6.07) is 9.18. The van der Waals surface area contributed by atoms with Crippen molar-refractivity contribution in [1.29, 1.82) is 0 Å². The van der Waals surface area contributed by atoms with Gasteiger partial charge in [-0.2, -0.15) is 0 Å². The molecular formula is C21H28F2N6O2. The van der Waals surface area contributed by atoms with Gasteiger partial charge in [0.15, 0.2) is 0 Å². The summed E-state index contributed by atoms with van der Waals surface area (Å²) < 4.78 is 28.4. The Balaban J connectivity index is 1.49. The van der Waals surface area contributed by atoms with E-state index in [1.54, 1.807) is 29.0 Å². The Hall–Kier alpha value is -2.88. The fourth-order valence-corrected chi connectivity index (χ4v) is 3.64. The first-order valence-electron chi connectivity index (χ1n) is 10.4. The van der Waals surface area contributed by atoms with Crippen LogP contribution in [-0.2, 0) is 12.8 Å². The molecule has 1 aromatic carbocycles. The van der Waals surface area contributed by atoms with Crippen LogP contribution in [0.15, 0.2) is 42.5 Å². The Morgan fingerprint density at radius 2 is 2.10 bits per heavy atom. The number of rotatable bonds is 11. The SMILES string of the molecule is CN1C[C@H](C=CC(O)Cc2ccccc2)N(CCCC(F)(F)CCc2nnn[nH]2)C1=O. The predicted molar refractivity (Wildman–Crippen MR) is 110 cm³/mol. The van der Waals surface area contributed by atoms with Gasteiger partial charge in [-0.25, -0.2) is 18.7 Å². The van der Waals surface area contributed by atoms with Crippen LogP contribution in [0.2, 0.25) is 0 Å². The normalized spacial score (nSPS) is 18.3. The lowest BCUT2D eigenvalue weighted by atomic mass is 10.1. The number of H-pyrrole nitrogens is 1. The number of aryl methyl sites for hydroxylation is 1. The summed E-state index contributed by atoms with van der Waals surface area (Å²) in [5.41, 5.74) is 1.01. The molecule has 0 bridgehead atoms. The maximum Gasteiger partial charge on any atom is 0.320 e. The van der Waals surface area contributed by atoms with Crippen molar-refractivity contribution in [1.82, 2.24) is 30.4 Å². The van der Waals surface area contributed by atoms with Gasteiger partial charge >= 0.3 is 6.03 Å². The van der Waals surface area contributed by atoms with Gasteiger partial charge in [-0.1, -0.05) is 42.5 Å². The summed E-state index contributed by atoms with van der Waals surface area (Å²) in [6.45, 7) is 0.689. The number of halogens is 2. The van der Waals surface area contributed by atoms with E-state index in [9.17, 15) is 18.7 Å². The Morgan fingerprint density at radius 1 is 1.32 bits per heavy atom. The number of alkyl halides is 2. The van der Waals surface area contributed by atoms with E-state index in [0.717, 1.165) is 5.56 Å². The number of carbonyl (C=O) groups is 1. The summed E-state index contributed by atoms with van der Waals surface area (Å²) in [4.78, 5) is 15.6. The molecule has 2 heterocycles. The van der Waals surface area contributed by atoms with Crippen LogP contribution in [0, 0.1) is 0 Å². The van der Waals surface area contributed by atoms with E-state index >= 15 is 0 Å². The van der Waals surface area contributed by atoms with E-state index < -0.39 is 12.0 Å². The maximum atomic E-state index is 14.2. The van der Waals surface area contributed by atoms with Crippen molar-refractivity contribution in [2.24, 2.45) is 0 Å². The van der Waals surface area contributed by atoms with Gasteiger partial charge in [0.05, 0.1) is 12.1 Å². The third-order valence-electron chi connectivity index (χ3n) is 5.33. The Bertz CT molecular complexity index is 847. The first kappa shape index (κ1) is 22.8. The molecule has 31 heavy (non-hydrogen) atoms. The number of urea groups is 1. The standard InChI is InChI=1S/C21H28F2N6O2/c1-28-15-17(8-9-18(30)14-16-6-3-2-4-7-16)29(20(28)31)13-5-11-21(22,23)12-10-19-24-26-27-25-19/h2-4,6-9,17-18,30H,5,10-15H2,1H3,(H,24,25,26,27)/t17-,18?/m0/s1. The van der Waals surface area contributed by atoms with E-state index in [0.29, 0.717) is 18.8 Å². The fourth-order valence-electron chi connectivity index (χ4n) is 3.64. The minimum absolute atomic E-state index is 0.0655. The van der Waals surface area contributed by atoms with E-state index in [2.05, 4.69) is 20.6 Å². The van der Waals surface area contributed by atoms with Crippen LogP contribution in [0.1, 0.15) is 30.7 Å². The first-order chi connectivity index (χ1) is 14.8. The minimum atomic E-state index is -2.86. The van der Waals surface area contributed by atoms with Gasteiger partial charge in [0.1, 0.15) is 5.82 Å². The Kier molecular flexibility index (Phi) is 7.67. The van der Waals surface area contributed by atoms with Crippen LogP contribution in [0.4, 0.5) is 13.6 Å². The minimum Gasteiger partial charge on any atom is -0.389 e. The Morgan fingerprint density at radius 3 is 2.81 bits per heavy atom. The Labute approximate surface area is 179 Å². The monoisotopic (exact) mass is 434 g/mol. The molecule has 2 atom stereocenters. The third-order valence-corrected chi connectivity index (χ3v) is 5.33. The second-order valence-corrected chi connectivity index (χ2v) is 7.87. The highest BCUT2D eigenvalue weighted by molar-refractivity contribution is 5.77. The average molecular weight is 434 g/mol. The average Bonchev–Trinajstić information content (AvgIpc) is 3.35. The topological polar surface area (TPSA) is 98.2 Å². The summed E-state index contributed by atoms with van der Waals surface area (Å²) >= 11 is 0. The van der Waals surface area contributed by atoms with Crippen molar-refractivity contribution in [3.63, 3.8) is 0 Å². The maximum absolute atomic E-state index is 14.2. The van der Waals surface area contributed by atoms with Crippen molar-refractivity contribution >= 4 is 6.03 Å². The largest absolute Gasteiger partial charge is 0.389 e. The summed E-state index contributed by atoms with van der Waals surface area (Å²) in [5.74, 6) is -2.53. The molecule has 1 aliphatic rings. The number of benzene rings is 1. The molecule has 2 aromatic rings. The molecule has 2 N–H and O–H groups in total. The van der Waals surface area contributed by atoms with Crippen LogP contribution in [-0.4, -0.2) is 79.8 Å². The molecule has 3 rings (SSSR count). The molecule has 8 nitrogen and oxygen atoms in total. The molecule has 0 aliphatic carbocycles. The van der Waals surface area contributed by atoms with Gasteiger partial charge in [0.2, 0.25) is 5.92 Å². The van der Waals surface area contributed by atoms with Gasteiger partial charge < -0.3 is 14.9 Å². The fraction of sp³-hybridized carbons (Fsp3) is 0.524. The molecule has 1 aliphatic heterocycles. The number of aliphatic hydroxyl groups is 1. The zero-order valence-electron chi connectivity index (χ0n) is 17.5. The lowest BCUT2D eigenvalue weighted by Crippen LogP contribution is -2.35. The van der Waals surface area contributed by atoms with Gasteiger partial charge in [0.25, 0.3) is 0 Å². The molecule has 0 radical (unpaired) electrons. The summed E-state index contributed by atoms with van der Waals surface area (Å²) in [6.07, 6.45) is 2.83. The number of nitrogens with zero attached hydrogens (tertiary/aromatic N) is 5. The molecular weight excluding hydrogens is 406 g/mol. The molecule has 1 fully saturated rings. The predicted octanol–water partition coefficient (Wildman–Crippen LogP) is 2.44. The molecule has 1 saturated heterocycles. The van der Waals surface area contributed by atoms with Crippen LogP contribution >= 0.6 is 0 Å². The quantitative estimate of drug-likeness (QED) is 0.530. The number of amides is 2. The van der Waals surface area contributed by atoms with E-state index in [-0.39, 0.29) is 44.3 Å². The number of likely N-dealkylation sites (N-methyl/N-ethyl adjacent to an activating group) is 1. The molecule has 168 valence electrons. The zero-order chi connectivity index (χ0) is 22.3. The van der Waals surface area contributed by atoms with Gasteiger partial charge in [-0.05, 0) is 22.4 Å². The van der Waals surface area contributed by atoms with Crippen molar-refractivity contribution in [2.45, 2.75) is 50.2 Å². The lowest BCUT2D eigenvalue weighted by molar-refractivity contribution is -0.0194. The molecule has 2 amide bonds. The van der Waals surface area contributed by atoms with E-state index in [1.165, 1.54) is 0 Å². The molecule has 1 unspecified atom stereocenters. The first-order valence-corrected chi connectivity index (χ1v) is 10.4. The van der Waals surface area contributed by atoms with E-state index in [4.69, 9.17) is 0 Å². The molecule has 1 aromatic heterocycles. The number of hydrogen-bond donors (Lipinski definition) is 2. The summed E-state index contributed by atoms with van der Waals surface area (Å²) in [5, 5.41) is 23.1. The van der Waals surface area contributed by atoms with E-state index in [1.807, 2.05) is 30.3 Å². The number of carbonyl (C=O) groups excluding carboxylic acids is 1. The number of nitrogens with one attached hydrogen (secondary N) is 1. The smallest absolute Gasteiger partial charge is 0.320 e. The van der Waals surface area contributed by atoms with Gasteiger partial charge in [-0.3, -0.25) is 0 Å².